The van der Waals surface area contributed by atoms with Crippen LogP contribution in [0.15, 0.2) is 64.1 Å². The summed E-state index contributed by atoms with van der Waals surface area (Å²) in [7, 11) is 0. The van der Waals surface area contributed by atoms with Crippen molar-refractivity contribution in [3.05, 3.63) is 70.8 Å². The Bertz CT molecular complexity index is 1230. The zero-order valence-electron chi connectivity index (χ0n) is 13.5. The smallest absolute Gasteiger partial charge is 0.297 e. The fourth-order valence-electron chi connectivity index (χ4n) is 2.71. The van der Waals surface area contributed by atoms with Gasteiger partial charge in [0.25, 0.3) is 5.56 Å². The molecule has 0 aliphatic rings. The third kappa shape index (κ3) is 2.70. The molecule has 0 atom stereocenters. The molecule has 2 aromatic carbocycles. The predicted molar refractivity (Wildman–Crippen MR) is 95.6 cm³/mol. The highest BCUT2D eigenvalue weighted by Gasteiger charge is 2.14. The Morgan fingerprint density at radius 3 is 2.73 bits per heavy atom. The molecule has 0 aliphatic heterocycles. The lowest BCUT2D eigenvalue weighted by Gasteiger charge is -2.07. The number of carbonyl (C=O) groups excluding carboxylic acids is 1. The van der Waals surface area contributed by atoms with Crippen molar-refractivity contribution in [2.45, 2.75) is 6.54 Å². The van der Waals surface area contributed by atoms with E-state index in [0.717, 1.165) is 5.39 Å². The predicted octanol–water partition coefficient (Wildman–Crippen LogP) is 2.65. The number of hydrogen-bond donors (Lipinski definition) is 1. The Hall–Kier alpha value is -3.92. The average molecular weight is 344 g/mol. The summed E-state index contributed by atoms with van der Waals surface area (Å²) in [5, 5.41) is 12.2. The molecule has 126 valence electrons. The molecule has 0 saturated heterocycles. The number of para-hydroxylation sites is 1. The maximum atomic E-state index is 12.6. The van der Waals surface area contributed by atoms with Crippen LogP contribution in [0.2, 0.25) is 0 Å². The number of benzene rings is 2. The molecule has 2 aromatic heterocycles. The molecule has 1 amide bonds. The van der Waals surface area contributed by atoms with Gasteiger partial charge in [-0.25, -0.2) is 4.98 Å². The zero-order chi connectivity index (χ0) is 18.1. The monoisotopic (exact) mass is 344 g/mol. The number of rotatable bonds is 3. The third-order valence-corrected chi connectivity index (χ3v) is 3.96. The summed E-state index contributed by atoms with van der Waals surface area (Å²) in [6.45, 7) is -0.196. The topological polar surface area (TPSA) is 101 Å². The van der Waals surface area contributed by atoms with Gasteiger partial charge in [-0.2, -0.15) is 5.26 Å². The summed E-state index contributed by atoms with van der Waals surface area (Å²) in [6.07, 6.45) is 1.34. The van der Waals surface area contributed by atoms with Crippen molar-refractivity contribution >= 4 is 33.7 Å². The largest absolute Gasteiger partial charge is 0.448 e. The van der Waals surface area contributed by atoms with Gasteiger partial charge in [-0.15, -0.1) is 0 Å². The van der Waals surface area contributed by atoms with Gasteiger partial charge in [-0.05, 0) is 36.4 Å². The van der Waals surface area contributed by atoms with E-state index in [-0.39, 0.29) is 18.0 Å². The van der Waals surface area contributed by atoms with E-state index in [1.807, 2.05) is 24.3 Å². The highest BCUT2D eigenvalue weighted by atomic mass is 16.3. The third-order valence-electron chi connectivity index (χ3n) is 3.96. The fourth-order valence-corrected chi connectivity index (χ4v) is 2.71. The van der Waals surface area contributed by atoms with Gasteiger partial charge in [-0.1, -0.05) is 12.1 Å². The molecule has 4 aromatic rings. The number of anilines is 1. The first-order valence-corrected chi connectivity index (χ1v) is 7.82. The van der Waals surface area contributed by atoms with E-state index in [4.69, 9.17) is 9.68 Å². The van der Waals surface area contributed by atoms with Crippen LogP contribution in [0.4, 0.5) is 5.69 Å². The number of hydrogen-bond acceptors (Lipinski definition) is 5. The van der Waals surface area contributed by atoms with Gasteiger partial charge in [0.15, 0.2) is 0 Å². The molecule has 2 heterocycles. The molecule has 1 N–H and O–H groups in total. The molecule has 0 saturated carbocycles. The van der Waals surface area contributed by atoms with Crippen molar-refractivity contribution in [2.75, 3.05) is 5.32 Å². The Morgan fingerprint density at radius 1 is 1.19 bits per heavy atom. The summed E-state index contributed by atoms with van der Waals surface area (Å²) in [4.78, 5) is 29.1. The Morgan fingerprint density at radius 2 is 1.96 bits per heavy atom. The molecule has 0 bridgehead atoms. The lowest BCUT2D eigenvalue weighted by Crippen LogP contribution is -2.27. The normalized spacial score (nSPS) is 10.7. The molecule has 0 fully saturated rings. The summed E-state index contributed by atoms with van der Waals surface area (Å²) >= 11 is 0. The molecule has 0 aliphatic carbocycles. The minimum Gasteiger partial charge on any atom is -0.448 e. The quantitative estimate of drug-likeness (QED) is 0.616. The lowest BCUT2D eigenvalue weighted by atomic mass is 10.2. The van der Waals surface area contributed by atoms with Gasteiger partial charge in [0, 0.05) is 11.1 Å². The van der Waals surface area contributed by atoms with Gasteiger partial charge in [0.05, 0.1) is 18.0 Å². The Balaban J connectivity index is 1.61. The second-order valence-corrected chi connectivity index (χ2v) is 5.69. The SMILES string of the molecule is N#Cc1ccc(NC(=O)Cn2cnc3c(oc4ccccc43)c2=O)cc1. The lowest BCUT2D eigenvalue weighted by molar-refractivity contribution is -0.116. The van der Waals surface area contributed by atoms with Gasteiger partial charge < -0.3 is 9.73 Å². The number of nitrogens with zero attached hydrogens (tertiary/aromatic N) is 3. The van der Waals surface area contributed by atoms with E-state index in [1.54, 1.807) is 30.3 Å². The van der Waals surface area contributed by atoms with Crippen LogP contribution in [0.3, 0.4) is 0 Å². The second-order valence-electron chi connectivity index (χ2n) is 5.69. The highest BCUT2D eigenvalue weighted by molar-refractivity contribution is 6.01. The Labute approximate surface area is 147 Å². The van der Waals surface area contributed by atoms with Crippen molar-refractivity contribution in [3.63, 3.8) is 0 Å². The van der Waals surface area contributed by atoms with Crippen molar-refractivity contribution in [2.24, 2.45) is 0 Å². The van der Waals surface area contributed by atoms with Crippen LogP contribution in [0.5, 0.6) is 0 Å². The standard InChI is InChI=1S/C19H12N4O3/c20-9-12-5-7-13(8-6-12)22-16(24)10-23-11-21-17-14-3-1-2-4-15(14)26-18(17)19(23)25/h1-8,11H,10H2,(H,22,24). The van der Waals surface area contributed by atoms with E-state index < -0.39 is 5.56 Å². The molecule has 0 spiro atoms. The molecule has 7 nitrogen and oxygen atoms in total. The first-order valence-electron chi connectivity index (χ1n) is 7.82. The van der Waals surface area contributed by atoms with Crippen molar-refractivity contribution in [1.29, 1.82) is 5.26 Å². The number of nitriles is 1. The maximum absolute atomic E-state index is 12.6. The van der Waals surface area contributed by atoms with Gasteiger partial charge in [0.2, 0.25) is 11.5 Å². The van der Waals surface area contributed by atoms with Gasteiger partial charge in [-0.3, -0.25) is 14.2 Å². The minimum absolute atomic E-state index is 0.125. The number of aromatic nitrogens is 2. The van der Waals surface area contributed by atoms with Crippen molar-refractivity contribution < 1.29 is 9.21 Å². The summed E-state index contributed by atoms with van der Waals surface area (Å²) in [5.41, 5.74) is 1.81. The fraction of sp³-hybridized carbons (Fsp3) is 0.0526. The van der Waals surface area contributed by atoms with Crippen LogP contribution in [-0.4, -0.2) is 15.5 Å². The Kier molecular flexibility index (Phi) is 3.71. The molecular formula is C19H12N4O3. The summed E-state index contributed by atoms with van der Waals surface area (Å²) in [5.74, 6) is -0.380. The number of furan rings is 1. The number of carbonyl (C=O) groups is 1. The first kappa shape index (κ1) is 15.6. The van der Waals surface area contributed by atoms with E-state index in [0.29, 0.717) is 22.4 Å². The van der Waals surface area contributed by atoms with Crippen LogP contribution < -0.4 is 10.9 Å². The van der Waals surface area contributed by atoms with Gasteiger partial charge >= 0.3 is 0 Å². The highest BCUT2D eigenvalue weighted by Crippen LogP contribution is 2.24. The molecule has 4 rings (SSSR count). The maximum Gasteiger partial charge on any atom is 0.297 e. The van der Waals surface area contributed by atoms with E-state index >= 15 is 0 Å². The van der Waals surface area contributed by atoms with Crippen molar-refractivity contribution in [3.8, 4) is 6.07 Å². The van der Waals surface area contributed by atoms with Crippen LogP contribution in [0.25, 0.3) is 22.1 Å². The molecule has 26 heavy (non-hydrogen) atoms. The van der Waals surface area contributed by atoms with Crippen LogP contribution in [-0.2, 0) is 11.3 Å². The van der Waals surface area contributed by atoms with Crippen LogP contribution >= 0.6 is 0 Å². The average Bonchev–Trinajstić information content (AvgIpc) is 3.04. The van der Waals surface area contributed by atoms with Crippen molar-refractivity contribution in [1.82, 2.24) is 9.55 Å². The number of nitrogens with one attached hydrogen (secondary N) is 1. The molecule has 7 heteroatoms. The molecule has 0 unspecified atom stereocenters. The number of amides is 1. The van der Waals surface area contributed by atoms with Gasteiger partial charge in [0.1, 0.15) is 17.6 Å². The summed E-state index contributed by atoms with van der Waals surface area (Å²) in [6, 6.07) is 15.7. The van der Waals surface area contributed by atoms with E-state index in [9.17, 15) is 9.59 Å². The second kappa shape index (κ2) is 6.18. The summed E-state index contributed by atoms with van der Waals surface area (Å²) < 4.78 is 6.79. The van der Waals surface area contributed by atoms with Crippen LogP contribution in [0, 0.1) is 11.3 Å². The molecule has 0 radical (unpaired) electrons. The zero-order valence-corrected chi connectivity index (χ0v) is 13.5. The van der Waals surface area contributed by atoms with E-state index in [1.165, 1.54) is 10.9 Å². The van der Waals surface area contributed by atoms with Crippen LogP contribution in [0.1, 0.15) is 5.56 Å². The van der Waals surface area contributed by atoms with E-state index in [2.05, 4.69) is 10.3 Å². The molecular weight excluding hydrogens is 332 g/mol. The first-order chi connectivity index (χ1) is 12.7. The number of fused-ring (bicyclic) bond motifs is 3. The minimum atomic E-state index is -0.416.